The highest BCUT2D eigenvalue weighted by Gasteiger charge is 2.31. The van der Waals surface area contributed by atoms with Crippen molar-refractivity contribution in [3.05, 3.63) is 69.8 Å². The predicted octanol–water partition coefficient (Wildman–Crippen LogP) is 2.61. The molecule has 1 aliphatic rings. The van der Waals surface area contributed by atoms with Crippen LogP contribution in [0.15, 0.2) is 48.5 Å². The molecule has 0 aliphatic carbocycles. The molecule has 0 saturated carbocycles. The molecule has 2 aromatic carbocycles. The molecule has 2 amide bonds. The van der Waals surface area contributed by atoms with E-state index in [1.165, 1.54) is 4.90 Å². The van der Waals surface area contributed by atoms with Crippen LogP contribution in [-0.4, -0.2) is 72.0 Å². The molecule has 1 N–H and O–H groups in total. The van der Waals surface area contributed by atoms with E-state index in [1.54, 1.807) is 0 Å². The third-order valence-corrected chi connectivity index (χ3v) is 5.16. The van der Waals surface area contributed by atoms with Crippen LogP contribution in [0, 0.1) is 10.1 Å². The van der Waals surface area contributed by atoms with E-state index >= 15 is 0 Å². The number of carbonyl (C=O) groups is 2. The number of alkyl halides is 3. The molecule has 34 heavy (non-hydrogen) atoms. The van der Waals surface area contributed by atoms with Crippen molar-refractivity contribution in [2.24, 2.45) is 0 Å². The molecule has 0 atom stereocenters. The molecule has 1 fully saturated rings. The number of benzene rings is 2. The molecular weight excluding hydrogens is 457 g/mol. The van der Waals surface area contributed by atoms with Crippen molar-refractivity contribution >= 4 is 17.5 Å². The minimum absolute atomic E-state index is 0.135. The lowest BCUT2D eigenvalue weighted by Gasteiger charge is -2.34. The van der Waals surface area contributed by atoms with E-state index in [4.69, 9.17) is 0 Å². The number of nitrogens with zero attached hydrogens (tertiary/aromatic N) is 3. The largest absolute Gasteiger partial charge is 0.484 e. The van der Waals surface area contributed by atoms with Crippen LogP contribution < -0.4 is 10.1 Å². The Balaban J connectivity index is 1.56. The van der Waals surface area contributed by atoms with Crippen molar-refractivity contribution in [2.45, 2.75) is 12.7 Å². The number of ether oxygens (including phenoxy) is 1. The summed E-state index contributed by atoms with van der Waals surface area (Å²) >= 11 is 0. The number of piperazine rings is 1. The van der Waals surface area contributed by atoms with Gasteiger partial charge in [0, 0.05) is 38.8 Å². The molecule has 1 aliphatic heterocycles. The Hall–Kier alpha value is -3.67. The second-order valence-electron chi connectivity index (χ2n) is 7.67. The van der Waals surface area contributed by atoms with Gasteiger partial charge < -0.3 is 15.0 Å². The van der Waals surface area contributed by atoms with Gasteiger partial charge in [0.05, 0.1) is 11.5 Å². The lowest BCUT2D eigenvalue weighted by atomic mass is 10.1. The van der Waals surface area contributed by atoms with Crippen molar-refractivity contribution in [1.29, 1.82) is 0 Å². The zero-order chi connectivity index (χ0) is 24.7. The minimum Gasteiger partial charge on any atom is -0.484 e. The van der Waals surface area contributed by atoms with Crippen LogP contribution in [-0.2, 0) is 11.3 Å². The average molecular weight is 480 g/mol. The molecule has 0 bridgehead atoms. The maximum atomic E-state index is 12.9. The van der Waals surface area contributed by atoms with Crippen molar-refractivity contribution < 1.29 is 32.4 Å². The second-order valence-corrected chi connectivity index (χ2v) is 7.67. The van der Waals surface area contributed by atoms with Gasteiger partial charge in [-0.2, -0.15) is 13.2 Å². The van der Waals surface area contributed by atoms with E-state index in [0.29, 0.717) is 19.6 Å². The van der Waals surface area contributed by atoms with Crippen molar-refractivity contribution in [1.82, 2.24) is 15.1 Å². The highest BCUT2D eigenvalue weighted by atomic mass is 19.4. The fraction of sp³-hybridized carbons (Fsp3) is 0.364. The van der Waals surface area contributed by atoms with Crippen LogP contribution in [0.1, 0.15) is 15.9 Å². The molecule has 0 unspecified atom stereocenters. The van der Waals surface area contributed by atoms with Crippen LogP contribution >= 0.6 is 0 Å². The molecule has 1 saturated heterocycles. The predicted molar refractivity (Wildman–Crippen MR) is 115 cm³/mol. The molecule has 1 heterocycles. The molecule has 0 aromatic heterocycles. The summed E-state index contributed by atoms with van der Waals surface area (Å²) < 4.78 is 41.9. The number of hydrogen-bond acceptors (Lipinski definition) is 6. The Kier molecular flexibility index (Phi) is 8.05. The van der Waals surface area contributed by atoms with E-state index < -0.39 is 29.3 Å². The van der Waals surface area contributed by atoms with Gasteiger partial charge in [-0.05, 0) is 17.7 Å². The summed E-state index contributed by atoms with van der Waals surface area (Å²) in [6.45, 7) is 0.0874. The Morgan fingerprint density at radius 3 is 2.35 bits per heavy atom. The summed E-state index contributed by atoms with van der Waals surface area (Å²) in [5, 5.41) is 14.2. The lowest BCUT2D eigenvalue weighted by Crippen LogP contribution is -2.51. The summed E-state index contributed by atoms with van der Waals surface area (Å²) in [5.74, 6) is -1.15. The molecule has 12 heteroatoms. The van der Waals surface area contributed by atoms with Crippen LogP contribution in [0.25, 0.3) is 0 Å². The monoisotopic (exact) mass is 480 g/mol. The average Bonchev–Trinajstić information content (AvgIpc) is 2.81. The van der Waals surface area contributed by atoms with Gasteiger partial charge in [0.1, 0.15) is 11.3 Å². The van der Waals surface area contributed by atoms with Crippen molar-refractivity contribution in [3.8, 4) is 5.75 Å². The molecule has 9 nitrogen and oxygen atoms in total. The summed E-state index contributed by atoms with van der Waals surface area (Å²) in [4.78, 5) is 38.9. The number of hydrogen-bond donors (Lipinski definition) is 1. The summed E-state index contributed by atoms with van der Waals surface area (Å²) in [7, 11) is 0. The van der Waals surface area contributed by atoms with Crippen LogP contribution in [0.3, 0.4) is 0 Å². The normalized spacial score (nSPS) is 14.5. The van der Waals surface area contributed by atoms with Gasteiger partial charge in [-0.25, -0.2) is 0 Å². The summed E-state index contributed by atoms with van der Waals surface area (Å²) in [5.41, 5.74) is 0.0973. The Morgan fingerprint density at radius 1 is 1.06 bits per heavy atom. The fourth-order valence-electron chi connectivity index (χ4n) is 3.44. The minimum atomic E-state index is -4.59. The molecule has 0 spiro atoms. The third-order valence-electron chi connectivity index (χ3n) is 5.16. The van der Waals surface area contributed by atoms with Gasteiger partial charge in [-0.3, -0.25) is 24.6 Å². The first-order valence-corrected chi connectivity index (χ1v) is 10.4. The van der Waals surface area contributed by atoms with Gasteiger partial charge in [-0.15, -0.1) is 0 Å². The number of carbonyl (C=O) groups excluding carboxylic acids is 2. The Bertz CT molecular complexity index is 1020. The van der Waals surface area contributed by atoms with Crippen LogP contribution in [0.4, 0.5) is 18.9 Å². The zero-order valence-corrected chi connectivity index (χ0v) is 18.1. The number of halogens is 3. The molecular formula is C22H23F3N4O5. The van der Waals surface area contributed by atoms with E-state index in [2.05, 4.69) is 10.1 Å². The third kappa shape index (κ3) is 7.17. The van der Waals surface area contributed by atoms with Gasteiger partial charge in [0.25, 0.3) is 11.6 Å². The van der Waals surface area contributed by atoms with Gasteiger partial charge in [-0.1, -0.05) is 30.3 Å². The quantitative estimate of drug-likeness (QED) is 0.460. The number of nitro groups is 1. The summed E-state index contributed by atoms with van der Waals surface area (Å²) in [6, 6.07) is 12.3. The smallest absolute Gasteiger partial charge is 0.422 e. The number of amides is 2. The van der Waals surface area contributed by atoms with E-state index in [9.17, 15) is 32.9 Å². The second kappa shape index (κ2) is 11.0. The Morgan fingerprint density at radius 2 is 1.74 bits per heavy atom. The van der Waals surface area contributed by atoms with Crippen LogP contribution in [0.2, 0.25) is 0 Å². The number of rotatable bonds is 8. The van der Waals surface area contributed by atoms with Gasteiger partial charge in [0.15, 0.2) is 6.61 Å². The van der Waals surface area contributed by atoms with E-state index in [0.717, 1.165) is 23.8 Å². The standard InChI is InChI=1S/C22H23F3N4O5/c23-22(24,25)15-34-17-6-7-19(29(32)33)18(12-17)21(31)28-10-8-27(9-11-28)14-20(30)26-13-16-4-2-1-3-5-16/h1-7,12H,8-11,13-15H2,(H,26,30). The SMILES string of the molecule is O=C(CN1CCN(C(=O)c2cc(OCC(F)(F)F)ccc2[N+](=O)[O-])CC1)NCc1ccccc1. The fourth-order valence-corrected chi connectivity index (χ4v) is 3.44. The van der Waals surface area contributed by atoms with E-state index in [1.807, 2.05) is 35.2 Å². The van der Waals surface area contributed by atoms with Gasteiger partial charge in [0.2, 0.25) is 5.91 Å². The van der Waals surface area contributed by atoms with E-state index in [-0.39, 0.29) is 36.9 Å². The maximum absolute atomic E-state index is 12.9. The first kappa shape index (κ1) is 25.0. The molecule has 182 valence electrons. The first-order valence-electron chi connectivity index (χ1n) is 10.4. The first-order chi connectivity index (χ1) is 16.1. The molecule has 0 radical (unpaired) electrons. The number of nitrogens with one attached hydrogen (secondary N) is 1. The highest BCUT2D eigenvalue weighted by molar-refractivity contribution is 5.98. The highest BCUT2D eigenvalue weighted by Crippen LogP contribution is 2.27. The Labute approximate surface area is 193 Å². The zero-order valence-electron chi connectivity index (χ0n) is 18.1. The lowest BCUT2D eigenvalue weighted by molar-refractivity contribution is -0.385. The van der Waals surface area contributed by atoms with Crippen molar-refractivity contribution in [3.63, 3.8) is 0 Å². The molecule has 3 rings (SSSR count). The van der Waals surface area contributed by atoms with Crippen LogP contribution in [0.5, 0.6) is 5.75 Å². The summed E-state index contributed by atoms with van der Waals surface area (Å²) in [6.07, 6.45) is -4.59. The molecule has 2 aromatic rings. The maximum Gasteiger partial charge on any atom is 0.422 e. The van der Waals surface area contributed by atoms with Gasteiger partial charge >= 0.3 is 6.18 Å². The number of nitro benzene ring substituents is 1. The van der Waals surface area contributed by atoms with Crippen molar-refractivity contribution in [2.75, 3.05) is 39.3 Å². The topological polar surface area (TPSA) is 105 Å².